The van der Waals surface area contributed by atoms with E-state index in [-0.39, 0.29) is 41.9 Å². The minimum atomic E-state index is -0.788. The van der Waals surface area contributed by atoms with Gasteiger partial charge < -0.3 is 15.2 Å². The van der Waals surface area contributed by atoms with Crippen molar-refractivity contribution in [3.05, 3.63) is 23.8 Å². The topological polar surface area (TPSA) is 105 Å². The van der Waals surface area contributed by atoms with E-state index in [2.05, 4.69) is 17.6 Å². The van der Waals surface area contributed by atoms with Crippen molar-refractivity contribution in [2.75, 3.05) is 0 Å². The van der Waals surface area contributed by atoms with Gasteiger partial charge in [-0.2, -0.15) is 0 Å². The lowest BCUT2D eigenvalue weighted by atomic mass is 9.89. The highest BCUT2D eigenvalue weighted by molar-refractivity contribution is 6.04. The van der Waals surface area contributed by atoms with E-state index in [1.54, 1.807) is 12.1 Å². The predicted octanol–water partition coefficient (Wildman–Crippen LogP) is 1.88. The van der Waals surface area contributed by atoms with Gasteiger partial charge in [0.25, 0.3) is 5.91 Å². The molecule has 1 saturated carbocycles. The molecule has 1 aliphatic heterocycles. The van der Waals surface area contributed by atoms with Crippen LogP contribution >= 0.6 is 0 Å². The number of imide groups is 1. The van der Waals surface area contributed by atoms with Gasteiger partial charge in [0.1, 0.15) is 6.04 Å². The maximum atomic E-state index is 12.5. The number of rotatable bonds is 4. The van der Waals surface area contributed by atoms with Crippen LogP contribution in [-0.4, -0.2) is 35.0 Å². The first-order chi connectivity index (χ1) is 12.4. The number of phenolic OH excluding ortho intramolecular Hbond substituents is 1. The maximum absolute atomic E-state index is 12.5. The maximum Gasteiger partial charge on any atom is 0.255 e. The number of nitrogens with one attached hydrogen (secondary N) is 2. The van der Waals surface area contributed by atoms with Crippen LogP contribution in [0.3, 0.4) is 0 Å². The Morgan fingerprint density at radius 1 is 1.19 bits per heavy atom. The number of amides is 3. The number of ether oxygens (including phenoxy) is 1. The quantitative estimate of drug-likeness (QED) is 0.711. The van der Waals surface area contributed by atoms with Crippen LogP contribution in [0.1, 0.15) is 55.8 Å². The van der Waals surface area contributed by atoms with Crippen molar-refractivity contribution in [2.45, 2.75) is 57.6 Å². The molecule has 7 nitrogen and oxygen atoms in total. The fraction of sp³-hybridized carbons (Fsp3) is 0.526. The highest BCUT2D eigenvalue weighted by Crippen LogP contribution is 2.34. The molecule has 3 rings (SSSR count). The van der Waals surface area contributed by atoms with Crippen LogP contribution in [-0.2, 0) is 9.59 Å². The van der Waals surface area contributed by atoms with Gasteiger partial charge in [-0.1, -0.05) is 13.0 Å². The van der Waals surface area contributed by atoms with Crippen LogP contribution in [0.25, 0.3) is 0 Å². The first-order valence-corrected chi connectivity index (χ1v) is 9.07. The zero-order valence-corrected chi connectivity index (χ0v) is 14.8. The molecule has 0 aromatic heterocycles. The van der Waals surface area contributed by atoms with E-state index in [1.807, 2.05) is 0 Å². The standard InChI is InChI=1S/C19H24N2O5/c1-11-5-7-12(8-6-11)26-15-4-2-3-13(17(15)23)18(24)20-14-9-10-16(22)21-19(14)25/h2-4,11-12,14,23H,5-10H2,1H3,(H,20,24)(H,21,22,25). The van der Waals surface area contributed by atoms with Crippen LogP contribution in [0.4, 0.5) is 0 Å². The first-order valence-electron chi connectivity index (χ1n) is 9.07. The lowest BCUT2D eigenvalue weighted by Crippen LogP contribution is -2.52. The molecule has 1 aliphatic carbocycles. The third-order valence-electron chi connectivity index (χ3n) is 5.04. The second-order valence-electron chi connectivity index (χ2n) is 7.13. The molecule has 1 aromatic rings. The largest absolute Gasteiger partial charge is 0.504 e. The zero-order valence-electron chi connectivity index (χ0n) is 14.8. The molecule has 1 atom stereocenters. The number of piperidine rings is 1. The van der Waals surface area contributed by atoms with E-state index >= 15 is 0 Å². The minimum absolute atomic E-state index is 0.0329. The van der Waals surface area contributed by atoms with E-state index in [0.29, 0.717) is 5.92 Å². The highest BCUT2D eigenvalue weighted by Gasteiger charge is 2.29. The van der Waals surface area contributed by atoms with Crippen molar-refractivity contribution in [1.82, 2.24) is 10.6 Å². The third-order valence-corrected chi connectivity index (χ3v) is 5.04. The number of aromatic hydroxyl groups is 1. The smallest absolute Gasteiger partial charge is 0.255 e. The van der Waals surface area contributed by atoms with Crippen molar-refractivity contribution in [1.29, 1.82) is 0 Å². The molecule has 3 N–H and O–H groups in total. The van der Waals surface area contributed by atoms with Crippen LogP contribution in [0, 0.1) is 5.92 Å². The van der Waals surface area contributed by atoms with Crippen molar-refractivity contribution in [2.24, 2.45) is 5.92 Å². The fourth-order valence-corrected chi connectivity index (χ4v) is 3.39. The molecular formula is C19H24N2O5. The molecule has 1 aromatic carbocycles. The Kier molecular flexibility index (Phi) is 5.44. The Bertz CT molecular complexity index is 710. The molecule has 0 radical (unpaired) electrons. The van der Waals surface area contributed by atoms with Gasteiger partial charge >= 0.3 is 0 Å². The summed E-state index contributed by atoms with van der Waals surface area (Å²) in [6.45, 7) is 2.22. The number of para-hydroxylation sites is 1. The van der Waals surface area contributed by atoms with Gasteiger partial charge in [0.15, 0.2) is 11.5 Å². The van der Waals surface area contributed by atoms with Crippen molar-refractivity contribution in [3.8, 4) is 11.5 Å². The van der Waals surface area contributed by atoms with E-state index in [4.69, 9.17) is 4.74 Å². The van der Waals surface area contributed by atoms with Crippen LogP contribution in [0.5, 0.6) is 11.5 Å². The fourth-order valence-electron chi connectivity index (χ4n) is 3.39. The van der Waals surface area contributed by atoms with E-state index in [1.165, 1.54) is 6.07 Å². The lowest BCUT2D eigenvalue weighted by molar-refractivity contribution is -0.134. The summed E-state index contributed by atoms with van der Waals surface area (Å²) < 4.78 is 5.90. The molecule has 1 unspecified atom stereocenters. The molecular weight excluding hydrogens is 336 g/mol. The summed E-state index contributed by atoms with van der Waals surface area (Å²) in [7, 11) is 0. The Balaban J connectivity index is 1.67. The molecule has 1 saturated heterocycles. The van der Waals surface area contributed by atoms with Crippen molar-refractivity contribution in [3.63, 3.8) is 0 Å². The van der Waals surface area contributed by atoms with Gasteiger partial charge in [-0.15, -0.1) is 0 Å². The molecule has 1 heterocycles. The molecule has 0 bridgehead atoms. The summed E-state index contributed by atoms with van der Waals surface area (Å²) in [6, 6.07) is 3.96. The van der Waals surface area contributed by atoms with Crippen LogP contribution in [0.15, 0.2) is 18.2 Å². The number of hydrogen-bond donors (Lipinski definition) is 3. The summed E-state index contributed by atoms with van der Waals surface area (Å²) >= 11 is 0. The second kappa shape index (κ2) is 7.76. The van der Waals surface area contributed by atoms with E-state index in [0.717, 1.165) is 25.7 Å². The van der Waals surface area contributed by atoms with Crippen molar-refractivity contribution >= 4 is 17.7 Å². The summed E-state index contributed by atoms with van der Waals surface area (Å²) in [5, 5.41) is 15.2. The van der Waals surface area contributed by atoms with E-state index in [9.17, 15) is 19.5 Å². The highest BCUT2D eigenvalue weighted by atomic mass is 16.5. The minimum Gasteiger partial charge on any atom is -0.504 e. The number of carbonyl (C=O) groups excluding carboxylic acids is 3. The Labute approximate surface area is 152 Å². The summed E-state index contributed by atoms with van der Waals surface area (Å²) in [5.74, 6) is -0.705. The number of carbonyl (C=O) groups is 3. The Morgan fingerprint density at radius 3 is 2.62 bits per heavy atom. The predicted molar refractivity (Wildman–Crippen MR) is 93.8 cm³/mol. The van der Waals surface area contributed by atoms with Gasteiger partial charge in [-0.05, 0) is 50.2 Å². The molecule has 7 heteroatoms. The Morgan fingerprint density at radius 2 is 1.92 bits per heavy atom. The number of hydrogen-bond acceptors (Lipinski definition) is 5. The van der Waals surface area contributed by atoms with Crippen molar-refractivity contribution < 1.29 is 24.2 Å². The number of phenols is 1. The molecule has 0 spiro atoms. The van der Waals surface area contributed by atoms with Gasteiger partial charge in [-0.25, -0.2) is 0 Å². The molecule has 2 fully saturated rings. The lowest BCUT2D eigenvalue weighted by Gasteiger charge is -2.27. The van der Waals surface area contributed by atoms with Crippen LogP contribution < -0.4 is 15.4 Å². The average molecular weight is 360 g/mol. The monoisotopic (exact) mass is 360 g/mol. The molecule has 3 amide bonds. The van der Waals surface area contributed by atoms with Gasteiger partial charge in [-0.3, -0.25) is 19.7 Å². The first kappa shape index (κ1) is 18.2. The molecule has 26 heavy (non-hydrogen) atoms. The normalized spacial score (nSPS) is 26.1. The average Bonchev–Trinajstić information content (AvgIpc) is 2.61. The van der Waals surface area contributed by atoms with E-state index < -0.39 is 17.9 Å². The summed E-state index contributed by atoms with van der Waals surface area (Å²) in [6.07, 6.45) is 4.47. The third kappa shape index (κ3) is 4.15. The SMILES string of the molecule is CC1CCC(Oc2cccc(C(=O)NC3CCC(=O)NC3=O)c2O)CC1. The molecule has 2 aliphatic rings. The molecule has 140 valence electrons. The number of benzene rings is 1. The van der Waals surface area contributed by atoms with Gasteiger partial charge in [0.05, 0.1) is 11.7 Å². The van der Waals surface area contributed by atoms with Gasteiger partial charge in [0.2, 0.25) is 11.8 Å². The van der Waals surface area contributed by atoms with Gasteiger partial charge in [0, 0.05) is 6.42 Å². The summed E-state index contributed by atoms with van der Waals surface area (Å²) in [4.78, 5) is 35.4. The Hall–Kier alpha value is -2.57. The summed E-state index contributed by atoms with van der Waals surface area (Å²) in [5.41, 5.74) is 0.0522. The zero-order chi connectivity index (χ0) is 18.7. The van der Waals surface area contributed by atoms with Crippen LogP contribution in [0.2, 0.25) is 0 Å². The second-order valence-corrected chi connectivity index (χ2v) is 7.13.